The van der Waals surface area contributed by atoms with Crippen molar-refractivity contribution >= 4 is 5.97 Å². The summed E-state index contributed by atoms with van der Waals surface area (Å²) in [6.07, 6.45) is 0. The number of aryl methyl sites for hydroxylation is 3. The Kier molecular flexibility index (Phi) is 3.51. The standard InChI is InChI=1S/C15H15NO3/c1-9-4-5-13(6-10(9)2)19-14-8-12(15(17)18)7-11(3)16-14/h4-8H,1-3H3,(H,17,18). The van der Waals surface area contributed by atoms with Gasteiger partial charge >= 0.3 is 5.97 Å². The van der Waals surface area contributed by atoms with E-state index in [0.717, 1.165) is 5.56 Å². The Bertz CT molecular complexity index is 635. The Morgan fingerprint density at radius 2 is 1.84 bits per heavy atom. The highest BCUT2D eigenvalue weighted by Gasteiger charge is 2.08. The van der Waals surface area contributed by atoms with Crippen LogP contribution < -0.4 is 4.74 Å². The Morgan fingerprint density at radius 3 is 2.47 bits per heavy atom. The normalized spacial score (nSPS) is 10.3. The number of ether oxygens (including phenoxy) is 1. The van der Waals surface area contributed by atoms with Crippen molar-refractivity contribution in [2.45, 2.75) is 20.8 Å². The Balaban J connectivity index is 2.32. The molecule has 0 atom stereocenters. The lowest BCUT2D eigenvalue weighted by Crippen LogP contribution is -2.00. The first-order chi connectivity index (χ1) is 8.95. The van der Waals surface area contributed by atoms with Gasteiger partial charge in [-0.1, -0.05) is 6.07 Å². The molecule has 1 aromatic carbocycles. The van der Waals surface area contributed by atoms with E-state index in [2.05, 4.69) is 4.98 Å². The second-order valence-electron chi connectivity index (χ2n) is 4.49. The molecule has 0 amide bonds. The van der Waals surface area contributed by atoms with Crippen molar-refractivity contribution in [3.05, 3.63) is 52.7 Å². The average Bonchev–Trinajstić information content (AvgIpc) is 2.33. The van der Waals surface area contributed by atoms with Crippen LogP contribution in [0, 0.1) is 20.8 Å². The number of pyridine rings is 1. The van der Waals surface area contributed by atoms with Crippen LogP contribution in [0.25, 0.3) is 0 Å². The lowest BCUT2D eigenvalue weighted by molar-refractivity contribution is 0.0696. The highest BCUT2D eigenvalue weighted by atomic mass is 16.5. The third kappa shape index (κ3) is 3.10. The number of nitrogens with zero attached hydrogens (tertiary/aromatic N) is 1. The van der Waals surface area contributed by atoms with E-state index in [1.807, 2.05) is 32.0 Å². The van der Waals surface area contributed by atoms with Gasteiger partial charge < -0.3 is 9.84 Å². The minimum absolute atomic E-state index is 0.173. The molecule has 0 fully saturated rings. The molecule has 0 aliphatic heterocycles. The van der Waals surface area contributed by atoms with E-state index in [-0.39, 0.29) is 5.56 Å². The lowest BCUT2D eigenvalue weighted by Gasteiger charge is -2.08. The van der Waals surface area contributed by atoms with Gasteiger partial charge in [0, 0.05) is 11.8 Å². The van der Waals surface area contributed by atoms with Crippen LogP contribution in [-0.2, 0) is 0 Å². The van der Waals surface area contributed by atoms with Crippen LogP contribution in [0.4, 0.5) is 0 Å². The molecule has 0 aliphatic carbocycles. The number of aromatic carboxylic acids is 1. The number of benzene rings is 1. The van der Waals surface area contributed by atoms with Gasteiger partial charge in [-0.2, -0.15) is 0 Å². The summed E-state index contributed by atoms with van der Waals surface area (Å²) in [6.45, 7) is 5.75. The molecule has 4 nitrogen and oxygen atoms in total. The number of rotatable bonds is 3. The quantitative estimate of drug-likeness (QED) is 0.914. The Hall–Kier alpha value is -2.36. The molecule has 1 N–H and O–H groups in total. The van der Waals surface area contributed by atoms with Crippen LogP contribution in [0.15, 0.2) is 30.3 Å². The van der Waals surface area contributed by atoms with E-state index in [9.17, 15) is 4.79 Å². The summed E-state index contributed by atoms with van der Waals surface area (Å²) in [5, 5.41) is 9.00. The molecule has 19 heavy (non-hydrogen) atoms. The first kappa shape index (κ1) is 13.1. The molecule has 0 radical (unpaired) electrons. The molecular formula is C15H15NO3. The zero-order chi connectivity index (χ0) is 14.0. The summed E-state index contributed by atoms with van der Waals surface area (Å²) in [4.78, 5) is 15.2. The molecule has 0 saturated carbocycles. The van der Waals surface area contributed by atoms with Crippen molar-refractivity contribution in [2.24, 2.45) is 0 Å². The molecule has 0 aliphatic rings. The van der Waals surface area contributed by atoms with Gasteiger partial charge in [-0.05, 0) is 50.1 Å². The Labute approximate surface area is 111 Å². The fourth-order valence-corrected chi connectivity index (χ4v) is 1.71. The number of aromatic nitrogens is 1. The van der Waals surface area contributed by atoms with E-state index >= 15 is 0 Å². The maximum Gasteiger partial charge on any atom is 0.335 e. The van der Waals surface area contributed by atoms with Crippen molar-refractivity contribution in [3.8, 4) is 11.6 Å². The summed E-state index contributed by atoms with van der Waals surface area (Å²) >= 11 is 0. The van der Waals surface area contributed by atoms with Gasteiger partial charge in [0.05, 0.1) is 5.56 Å². The third-order valence-electron chi connectivity index (χ3n) is 2.88. The molecule has 0 saturated heterocycles. The van der Waals surface area contributed by atoms with Gasteiger partial charge in [0.25, 0.3) is 0 Å². The smallest absolute Gasteiger partial charge is 0.335 e. The van der Waals surface area contributed by atoms with Crippen LogP contribution in [0.3, 0.4) is 0 Å². The van der Waals surface area contributed by atoms with Crippen LogP contribution >= 0.6 is 0 Å². The molecule has 0 bridgehead atoms. The Morgan fingerprint density at radius 1 is 1.11 bits per heavy atom. The maximum atomic E-state index is 11.0. The van der Waals surface area contributed by atoms with Crippen molar-refractivity contribution in [2.75, 3.05) is 0 Å². The summed E-state index contributed by atoms with van der Waals surface area (Å²) < 4.78 is 5.61. The predicted molar refractivity (Wildman–Crippen MR) is 71.9 cm³/mol. The van der Waals surface area contributed by atoms with Crippen molar-refractivity contribution < 1.29 is 14.6 Å². The highest BCUT2D eigenvalue weighted by molar-refractivity contribution is 5.88. The van der Waals surface area contributed by atoms with E-state index in [1.165, 1.54) is 17.7 Å². The largest absolute Gasteiger partial charge is 0.478 e. The molecule has 2 rings (SSSR count). The van der Waals surface area contributed by atoms with E-state index in [1.54, 1.807) is 6.92 Å². The highest BCUT2D eigenvalue weighted by Crippen LogP contribution is 2.23. The van der Waals surface area contributed by atoms with Gasteiger partial charge in [0.2, 0.25) is 5.88 Å². The molecule has 1 heterocycles. The lowest BCUT2D eigenvalue weighted by atomic mass is 10.1. The first-order valence-electron chi connectivity index (χ1n) is 5.93. The zero-order valence-corrected chi connectivity index (χ0v) is 11.1. The van der Waals surface area contributed by atoms with Crippen molar-refractivity contribution in [1.82, 2.24) is 4.98 Å². The summed E-state index contributed by atoms with van der Waals surface area (Å²) in [5.74, 6) is -0.0476. The molecule has 0 spiro atoms. The van der Waals surface area contributed by atoms with Gasteiger partial charge in [-0.3, -0.25) is 0 Å². The van der Waals surface area contributed by atoms with E-state index in [4.69, 9.17) is 9.84 Å². The van der Waals surface area contributed by atoms with Crippen LogP contribution in [0.5, 0.6) is 11.6 Å². The second kappa shape index (κ2) is 5.10. The number of carboxylic acid groups (broad SMARTS) is 1. The third-order valence-corrected chi connectivity index (χ3v) is 2.88. The van der Waals surface area contributed by atoms with Crippen molar-refractivity contribution in [1.29, 1.82) is 0 Å². The number of hydrogen-bond donors (Lipinski definition) is 1. The average molecular weight is 257 g/mol. The number of hydrogen-bond acceptors (Lipinski definition) is 3. The zero-order valence-electron chi connectivity index (χ0n) is 11.1. The number of carboxylic acids is 1. The molecule has 2 aromatic rings. The topological polar surface area (TPSA) is 59.4 Å². The predicted octanol–water partition coefficient (Wildman–Crippen LogP) is 3.50. The summed E-state index contributed by atoms with van der Waals surface area (Å²) in [7, 11) is 0. The maximum absolute atomic E-state index is 11.0. The molecule has 0 unspecified atom stereocenters. The molecule has 4 heteroatoms. The fraction of sp³-hybridized carbons (Fsp3) is 0.200. The van der Waals surface area contributed by atoms with E-state index in [0.29, 0.717) is 17.3 Å². The SMILES string of the molecule is Cc1cc(C(=O)O)cc(Oc2ccc(C)c(C)c2)n1. The van der Waals surface area contributed by atoms with Gasteiger partial charge in [0.15, 0.2) is 0 Å². The first-order valence-corrected chi connectivity index (χ1v) is 5.93. The fourth-order valence-electron chi connectivity index (χ4n) is 1.71. The van der Waals surface area contributed by atoms with Crippen LogP contribution in [0.2, 0.25) is 0 Å². The van der Waals surface area contributed by atoms with Crippen molar-refractivity contribution in [3.63, 3.8) is 0 Å². The minimum atomic E-state index is -0.990. The number of carbonyl (C=O) groups is 1. The van der Waals surface area contributed by atoms with Gasteiger partial charge in [-0.25, -0.2) is 9.78 Å². The van der Waals surface area contributed by atoms with Crippen LogP contribution in [-0.4, -0.2) is 16.1 Å². The summed E-state index contributed by atoms with van der Waals surface area (Å²) in [6, 6.07) is 8.63. The second-order valence-corrected chi connectivity index (χ2v) is 4.49. The van der Waals surface area contributed by atoms with Crippen LogP contribution in [0.1, 0.15) is 27.2 Å². The van der Waals surface area contributed by atoms with E-state index < -0.39 is 5.97 Å². The van der Waals surface area contributed by atoms with Gasteiger partial charge in [-0.15, -0.1) is 0 Å². The molecule has 1 aromatic heterocycles. The van der Waals surface area contributed by atoms with Gasteiger partial charge in [0.1, 0.15) is 5.75 Å². The molecule has 98 valence electrons. The molecular weight excluding hydrogens is 242 g/mol. The summed E-state index contributed by atoms with van der Waals surface area (Å²) in [5.41, 5.74) is 3.07. The monoisotopic (exact) mass is 257 g/mol. The minimum Gasteiger partial charge on any atom is -0.478 e.